The van der Waals surface area contributed by atoms with Crippen LogP contribution >= 0.6 is 0 Å². The van der Waals surface area contributed by atoms with E-state index in [1.54, 1.807) is 4.90 Å². The van der Waals surface area contributed by atoms with E-state index in [-0.39, 0.29) is 23.9 Å². The molecule has 2 aromatic carbocycles. The van der Waals surface area contributed by atoms with E-state index >= 15 is 0 Å². The zero-order valence-corrected chi connectivity index (χ0v) is 20.5. The molecule has 1 amide bonds. The number of hydrogen-bond acceptors (Lipinski definition) is 5. The number of rotatable bonds is 8. The highest BCUT2D eigenvalue weighted by Crippen LogP contribution is 2.34. The molecule has 1 saturated carbocycles. The summed E-state index contributed by atoms with van der Waals surface area (Å²) in [6, 6.07) is 21.2. The average molecular weight is 486 g/mol. The smallest absolute Gasteiger partial charge is 0.274 e. The predicted molar refractivity (Wildman–Crippen MR) is 137 cm³/mol. The number of nitrogens with one attached hydrogen (secondary N) is 1. The molecule has 186 valence electrons. The van der Waals surface area contributed by atoms with Gasteiger partial charge in [-0.25, -0.2) is 4.98 Å². The zero-order valence-electron chi connectivity index (χ0n) is 20.5. The van der Waals surface area contributed by atoms with Crippen molar-refractivity contribution in [1.29, 1.82) is 0 Å². The van der Waals surface area contributed by atoms with Crippen molar-refractivity contribution >= 4 is 11.7 Å². The average Bonchev–Trinajstić information content (AvgIpc) is 3.37. The van der Waals surface area contributed by atoms with Crippen molar-refractivity contribution in [2.24, 2.45) is 0 Å². The Kier molecular flexibility index (Phi) is 6.95. The van der Waals surface area contributed by atoms with E-state index in [1.165, 1.54) is 16.1 Å². The largest absolute Gasteiger partial charge is 0.359 e. The third-order valence-corrected chi connectivity index (χ3v) is 6.90. The maximum absolute atomic E-state index is 13.6. The lowest BCUT2D eigenvalue weighted by Gasteiger charge is -2.38. The minimum Gasteiger partial charge on any atom is -0.359 e. The number of benzene rings is 2. The molecule has 1 aliphatic carbocycles. The fourth-order valence-electron chi connectivity index (χ4n) is 4.87. The summed E-state index contributed by atoms with van der Waals surface area (Å²) >= 11 is 0. The van der Waals surface area contributed by atoms with Crippen LogP contribution in [0.25, 0.3) is 17.2 Å². The highest BCUT2D eigenvalue weighted by molar-refractivity contribution is 5.85. The molecule has 0 aliphatic heterocycles. The second-order valence-corrected chi connectivity index (χ2v) is 9.47. The molecular formula is C28H31N5O3. The Balaban J connectivity index is 1.32. The van der Waals surface area contributed by atoms with Gasteiger partial charge >= 0.3 is 0 Å². The Morgan fingerprint density at radius 3 is 2.44 bits per heavy atom. The Bertz CT molecular complexity index is 1370. The summed E-state index contributed by atoms with van der Waals surface area (Å²) < 4.78 is 7.67. The van der Waals surface area contributed by atoms with Crippen molar-refractivity contribution in [3.8, 4) is 11.4 Å². The van der Waals surface area contributed by atoms with Gasteiger partial charge in [-0.2, -0.15) is 9.50 Å². The van der Waals surface area contributed by atoms with E-state index in [0.29, 0.717) is 30.9 Å². The molecule has 4 aromatic rings. The molecule has 8 heteroatoms. The molecule has 5 rings (SSSR count). The molecule has 1 fully saturated rings. The van der Waals surface area contributed by atoms with Crippen LogP contribution in [0.15, 0.2) is 71.5 Å². The minimum atomic E-state index is -0.892. The molecule has 36 heavy (non-hydrogen) atoms. The third-order valence-electron chi connectivity index (χ3n) is 6.90. The van der Waals surface area contributed by atoms with Crippen LogP contribution < -0.4 is 5.56 Å². The number of amides is 1. The molecule has 0 saturated heterocycles. The molecule has 0 unspecified atom stereocenters. The van der Waals surface area contributed by atoms with Crippen molar-refractivity contribution in [1.82, 2.24) is 24.5 Å². The van der Waals surface area contributed by atoms with Gasteiger partial charge < -0.3 is 9.64 Å². The maximum Gasteiger partial charge on any atom is 0.274 e. The number of carbonyl (C=O) groups is 1. The van der Waals surface area contributed by atoms with Crippen LogP contribution in [0, 0.1) is 0 Å². The van der Waals surface area contributed by atoms with Crippen LogP contribution in [0.5, 0.6) is 0 Å². The normalized spacial score (nSPS) is 15.1. The SMILES string of the molecule is CN(CCc1ccccc1)C(=O)C1(OCc2cc(=O)n3[nH]c(-c4ccccc4)nc3n2)CCCCC1. The van der Waals surface area contributed by atoms with Crippen molar-refractivity contribution in [3.05, 3.63) is 88.3 Å². The summed E-state index contributed by atoms with van der Waals surface area (Å²) in [5.41, 5.74) is 1.37. The summed E-state index contributed by atoms with van der Waals surface area (Å²) in [6.45, 7) is 0.701. The number of aromatic amines is 1. The predicted octanol–water partition coefficient (Wildman–Crippen LogP) is 4.01. The van der Waals surface area contributed by atoms with Gasteiger partial charge in [0, 0.05) is 25.2 Å². The summed E-state index contributed by atoms with van der Waals surface area (Å²) in [4.78, 5) is 37.2. The van der Waals surface area contributed by atoms with Gasteiger partial charge in [0.15, 0.2) is 5.82 Å². The van der Waals surface area contributed by atoms with E-state index in [0.717, 1.165) is 31.2 Å². The standard InChI is InChI=1S/C28H31N5O3/c1-32(18-15-21-11-5-2-6-12-21)26(35)28(16-9-4-10-17-28)36-20-23-19-24(34)33-27(29-23)30-25(31-33)22-13-7-3-8-14-22/h2-3,5-8,11-14,19H,4,9-10,15-18,20H2,1H3,(H,29,30,31). The second-order valence-electron chi connectivity index (χ2n) is 9.47. The third kappa shape index (κ3) is 5.09. The first kappa shape index (κ1) is 23.9. The molecule has 0 atom stereocenters. The van der Waals surface area contributed by atoms with Crippen LogP contribution in [-0.2, 0) is 22.6 Å². The molecule has 0 radical (unpaired) electrons. The highest BCUT2D eigenvalue weighted by atomic mass is 16.5. The van der Waals surface area contributed by atoms with Crippen molar-refractivity contribution in [2.45, 2.75) is 50.7 Å². The quantitative estimate of drug-likeness (QED) is 0.407. The molecule has 2 aromatic heterocycles. The number of carbonyl (C=O) groups excluding carboxylic acids is 1. The zero-order chi connectivity index (χ0) is 25.0. The maximum atomic E-state index is 13.6. The minimum absolute atomic E-state index is 0.00191. The first-order chi connectivity index (χ1) is 17.5. The van der Waals surface area contributed by atoms with E-state index in [9.17, 15) is 9.59 Å². The van der Waals surface area contributed by atoms with Crippen LogP contribution in [-0.4, -0.2) is 49.6 Å². The number of likely N-dealkylation sites (N-methyl/N-ethyl adjacent to an activating group) is 1. The summed E-state index contributed by atoms with van der Waals surface area (Å²) in [7, 11) is 1.84. The molecule has 0 spiro atoms. The Hall–Kier alpha value is -3.78. The molecule has 2 heterocycles. The van der Waals surface area contributed by atoms with Crippen molar-refractivity contribution in [3.63, 3.8) is 0 Å². The Morgan fingerprint density at radius 1 is 1.03 bits per heavy atom. The van der Waals surface area contributed by atoms with Crippen LogP contribution in [0.2, 0.25) is 0 Å². The number of ether oxygens (including phenoxy) is 1. The van der Waals surface area contributed by atoms with E-state index < -0.39 is 5.60 Å². The fraction of sp³-hybridized carbons (Fsp3) is 0.357. The lowest BCUT2D eigenvalue weighted by molar-refractivity contribution is -0.164. The molecule has 8 nitrogen and oxygen atoms in total. The van der Waals surface area contributed by atoms with Crippen LogP contribution in [0.4, 0.5) is 0 Å². The molecule has 0 bridgehead atoms. The van der Waals surface area contributed by atoms with Gasteiger partial charge in [0.1, 0.15) is 5.60 Å². The number of nitrogens with zero attached hydrogens (tertiary/aromatic N) is 4. The second kappa shape index (κ2) is 10.5. The summed E-state index contributed by atoms with van der Waals surface area (Å²) in [5, 5.41) is 3.01. The van der Waals surface area contributed by atoms with Gasteiger partial charge in [0.25, 0.3) is 17.2 Å². The van der Waals surface area contributed by atoms with E-state index in [4.69, 9.17) is 4.74 Å². The summed E-state index contributed by atoms with van der Waals surface area (Å²) in [6.07, 6.45) is 5.09. The van der Waals surface area contributed by atoms with Gasteiger partial charge in [-0.05, 0) is 24.8 Å². The van der Waals surface area contributed by atoms with E-state index in [1.807, 2.05) is 55.6 Å². The van der Waals surface area contributed by atoms with Crippen LogP contribution in [0.3, 0.4) is 0 Å². The van der Waals surface area contributed by atoms with Gasteiger partial charge in [-0.3, -0.25) is 14.7 Å². The number of hydrogen-bond donors (Lipinski definition) is 1. The topological polar surface area (TPSA) is 92.6 Å². The monoisotopic (exact) mass is 485 g/mol. The number of fused-ring (bicyclic) bond motifs is 1. The van der Waals surface area contributed by atoms with Crippen molar-refractivity contribution < 1.29 is 9.53 Å². The Morgan fingerprint density at radius 2 is 1.72 bits per heavy atom. The van der Waals surface area contributed by atoms with Crippen molar-refractivity contribution in [2.75, 3.05) is 13.6 Å². The first-order valence-electron chi connectivity index (χ1n) is 12.5. The number of aromatic nitrogens is 4. The molecule has 1 N–H and O–H groups in total. The van der Waals surface area contributed by atoms with Gasteiger partial charge in [-0.15, -0.1) is 0 Å². The summed E-state index contributed by atoms with van der Waals surface area (Å²) in [5.74, 6) is 0.850. The molecule has 1 aliphatic rings. The Labute approximate surface area is 209 Å². The first-order valence-corrected chi connectivity index (χ1v) is 12.5. The van der Waals surface area contributed by atoms with E-state index in [2.05, 4.69) is 27.2 Å². The van der Waals surface area contributed by atoms with Crippen LogP contribution in [0.1, 0.15) is 43.4 Å². The highest BCUT2D eigenvalue weighted by Gasteiger charge is 2.42. The molecular weight excluding hydrogens is 454 g/mol. The van der Waals surface area contributed by atoms with Gasteiger partial charge in [0.2, 0.25) is 0 Å². The lowest BCUT2D eigenvalue weighted by Crippen LogP contribution is -2.51. The van der Waals surface area contributed by atoms with Gasteiger partial charge in [0.05, 0.1) is 12.3 Å². The van der Waals surface area contributed by atoms with Gasteiger partial charge in [-0.1, -0.05) is 79.9 Å². The lowest BCUT2D eigenvalue weighted by atomic mass is 9.83. The fourth-order valence-corrected chi connectivity index (χ4v) is 4.87. The number of H-pyrrole nitrogens is 1.